The molecule has 236 valence electrons. The molecule has 0 aliphatic heterocycles. The molecule has 2 aromatic carbocycles. The summed E-state index contributed by atoms with van der Waals surface area (Å²) in [6.07, 6.45) is 1.36. The number of esters is 1. The number of carbonyl (C=O) groups is 3. The Morgan fingerprint density at radius 1 is 1.07 bits per heavy atom. The molecule has 2 aromatic heterocycles. The number of rotatable bonds is 14. The Morgan fingerprint density at radius 3 is 2.53 bits per heavy atom. The minimum atomic E-state index is -4.36. The third-order valence-corrected chi connectivity index (χ3v) is 10.0. The van der Waals surface area contributed by atoms with Gasteiger partial charge in [0.1, 0.15) is 30.7 Å². The van der Waals surface area contributed by atoms with Crippen LogP contribution in [0.2, 0.25) is 0 Å². The Morgan fingerprint density at radius 2 is 1.84 bits per heavy atom. The lowest BCUT2D eigenvalue weighted by Gasteiger charge is -2.28. The maximum absolute atomic E-state index is 14.4. The second-order valence-electron chi connectivity index (χ2n) is 10.9. The van der Waals surface area contributed by atoms with E-state index in [1.54, 1.807) is 31.2 Å². The van der Waals surface area contributed by atoms with Crippen molar-refractivity contribution in [3.8, 4) is 5.75 Å². The number of hydrogen-bond acceptors (Lipinski definition) is 9. The number of fused-ring (bicyclic) bond motifs is 1. The average Bonchev–Trinajstić information content (AvgIpc) is 3.65. The Labute approximate surface area is 264 Å². The Hall–Kier alpha value is -4.33. The lowest BCUT2D eigenvalue weighted by Crippen LogP contribution is -2.45. The number of aromatic nitrogens is 1. The van der Waals surface area contributed by atoms with Crippen molar-refractivity contribution < 1.29 is 32.3 Å². The molecule has 0 radical (unpaired) electrons. The standard InChI is InChI=1S/C32H33N3O8S2/c1-3-42-29(38)19-35(18-23-7-6-16-44-23)31(39)30(25-8-4-5-9-27(25)43-20-32(14-15-32)21(2)36)34-45(40,41)24-11-12-26-22(17-24)10-13-28(37)33-26/h4-13,16-17,30,34H,3,14-15,18-20H2,1-2H3,(H,33,37)/t30-/m0/s1. The lowest BCUT2D eigenvalue weighted by molar-refractivity contribution is -0.149. The minimum Gasteiger partial charge on any atom is -0.492 e. The van der Waals surface area contributed by atoms with Crippen LogP contribution in [0.1, 0.15) is 43.2 Å². The molecular formula is C32H33N3O8S2. The summed E-state index contributed by atoms with van der Waals surface area (Å²) in [4.78, 5) is 55.5. The van der Waals surface area contributed by atoms with Gasteiger partial charge in [0.05, 0.1) is 23.5 Å². The fourth-order valence-corrected chi connectivity index (χ4v) is 6.86. The molecule has 2 N–H and O–H groups in total. The van der Waals surface area contributed by atoms with E-state index in [-0.39, 0.29) is 47.3 Å². The van der Waals surface area contributed by atoms with Gasteiger partial charge in [-0.3, -0.25) is 19.2 Å². The van der Waals surface area contributed by atoms with Crippen molar-refractivity contribution in [3.05, 3.63) is 92.9 Å². The number of Topliss-reactive ketones (excluding diaryl/α,β-unsaturated/α-hetero) is 1. The van der Waals surface area contributed by atoms with E-state index in [0.29, 0.717) is 23.7 Å². The number of para-hydroxylation sites is 1. The smallest absolute Gasteiger partial charge is 0.325 e. The van der Waals surface area contributed by atoms with Gasteiger partial charge in [-0.2, -0.15) is 4.72 Å². The summed E-state index contributed by atoms with van der Waals surface area (Å²) in [6, 6.07) is 15.6. The van der Waals surface area contributed by atoms with Crippen molar-refractivity contribution in [2.45, 2.75) is 44.2 Å². The predicted octanol–water partition coefficient (Wildman–Crippen LogP) is 3.95. The first-order valence-electron chi connectivity index (χ1n) is 14.4. The summed E-state index contributed by atoms with van der Waals surface area (Å²) in [5, 5.41) is 2.31. The number of pyridine rings is 1. The fourth-order valence-electron chi connectivity index (χ4n) is 4.93. The highest BCUT2D eigenvalue weighted by Gasteiger charge is 2.48. The van der Waals surface area contributed by atoms with E-state index < -0.39 is 39.9 Å². The van der Waals surface area contributed by atoms with E-state index in [1.165, 1.54) is 53.5 Å². The monoisotopic (exact) mass is 651 g/mol. The number of sulfonamides is 1. The maximum atomic E-state index is 14.4. The number of hydrogen-bond donors (Lipinski definition) is 2. The van der Waals surface area contributed by atoms with Crippen molar-refractivity contribution >= 4 is 49.9 Å². The molecule has 0 bridgehead atoms. The lowest BCUT2D eigenvalue weighted by atomic mass is 10.0. The van der Waals surface area contributed by atoms with Gasteiger partial charge in [0.2, 0.25) is 21.5 Å². The summed E-state index contributed by atoms with van der Waals surface area (Å²) < 4.78 is 41.6. The second-order valence-corrected chi connectivity index (χ2v) is 13.6. The Bertz CT molecular complexity index is 1880. The van der Waals surface area contributed by atoms with Crippen LogP contribution in [0.3, 0.4) is 0 Å². The largest absolute Gasteiger partial charge is 0.492 e. The third kappa shape index (κ3) is 7.49. The molecule has 0 saturated heterocycles. The Balaban J connectivity index is 1.55. The van der Waals surface area contributed by atoms with Crippen molar-refractivity contribution in [1.29, 1.82) is 0 Å². The van der Waals surface area contributed by atoms with Crippen LogP contribution in [0.25, 0.3) is 10.9 Å². The van der Waals surface area contributed by atoms with Gasteiger partial charge in [0.25, 0.3) is 0 Å². The zero-order valence-corrected chi connectivity index (χ0v) is 26.4. The first-order valence-corrected chi connectivity index (χ1v) is 16.7. The van der Waals surface area contributed by atoms with Crippen LogP contribution in [0.15, 0.2) is 81.8 Å². The molecule has 1 fully saturated rings. The van der Waals surface area contributed by atoms with Crippen LogP contribution >= 0.6 is 11.3 Å². The number of benzene rings is 2. The summed E-state index contributed by atoms with van der Waals surface area (Å²) in [6.45, 7) is 2.98. The SMILES string of the molecule is CCOC(=O)CN(Cc1cccs1)C(=O)[C@@H](NS(=O)(=O)c1ccc2[nH]c(=O)ccc2c1)c1ccccc1OCC1(C(C)=O)CC1. The van der Waals surface area contributed by atoms with Crippen molar-refractivity contribution in [1.82, 2.24) is 14.6 Å². The van der Waals surface area contributed by atoms with Gasteiger partial charge < -0.3 is 19.4 Å². The van der Waals surface area contributed by atoms with Crippen LogP contribution in [-0.4, -0.2) is 55.7 Å². The van der Waals surface area contributed by atoms with Crippen molar-refractivity contribution in [3.63, 3.8) is 0 Å². The highest BCUT2D eigenvalue weighted by molar-refractivity contribution is 7.89. The summed E-state index contributed by atoms with van der Waals surface area (Å²) in [7, 11) is -4.36. The summed E-state index contributed by atoms with van der Waals surface area (Å²) in [5.41, 5.74) is -0.268. The molecule has 2 heterocycles. The van der Waals surface area contributed by atoms with Crippen molar-refractivity contribution in [2.75, 3.05) is 19.8 Å². The molecule has 1 atom stereocenters. The van der Waals surface area contributed by atoms with Crippen LogP contribution in [0, 0.1) is 5.41 Å². The van der Waals surface area contributed by atoms with Gasteiger partial charge in [-0.1, -0.05) is 24.3 Å². The van der Waals surface area contributed by atoms with Crippen LogP contribution < -0.4 is 15.0 Å². The molecule has 4 aromatic rings. The number of H-pyrrole nitrogens is 1. The number of carbonyl (C=O) groups excluding carboxylic acids is 3. The molecule has 0 spiro atoms. The maximum Gasteiger partial charge on any atom is 0.325 e. The number of ketones is 1. The predicted molar refractivity (Wildman–Crippen MR) is 168 cm³/mol. The van der Waals surface area contributed by atoms with E-state index in [2.05, 4.69) is 9.71 Å². The van der Waals surface area contributed by atoms with Gasteiger partial charge in [-0.05, 0) is 73.9 Å². The van der Waals surface area contributed by atoms with Crippen LogP contribution in [-0.2, 0) is 35.7 Å². The normalized spacial score (nSPS) is 14.4. The fraction of sp³-hybridized carbons (Fsp3) is 0.312. The first kappa shape index (κ1) is 32.1. The van der Waals surface area contributed by atoms with Gasteiger partial charge in [-0.15, -0.1) is 11.3 Å². The molecule has 1 saturated carbocycles. The number of nitrogens with one attached hydrogen (secondary N) is 2. The molecule has 13 heteroatoms. The highest BCUT2D eigenvalue weighted by atomic mass is 32.2. The zero-order valence-electron chi connectivity index (χ0n) is 24.8. The molecule has 5 rings (SSSR count). The number of aromatic amines is 1. The number of ether oxygens (including phenoxy) is 2. The van der Waals surface area contributed by atoms with E-state index in [0.717, 1.165) is 4.88 Å². The average molecular weight is 652 g/mol. The van der Waals surface area contributed by atoms with Gasteiger partial charge in [0.15, 0.2) is 0 Å². The molecule has 45 heavy (non-hydrogen) atoms. The molecular weight excluding hydrogens is 618 g/mol. The first-order chi connectivity index (χ1) is 21.5. The third-order valence-electron chi connectivity index (χ3n) is 7.72. The number of amides is 1. The van der Waals surface area contributed by atoms with Crippen LogP contribution in [0.4, 0.5) is 0 Å². The molecule has 1 amide bonds. The van der Waals surface area contributed by atoms with Crippen LogP contribution in [0.5, 0.6) is 5.75 Å². The number of nitrogens with zero attached hydrogens (tertiary/aromatic N) is 1. The summed E-state index contributed by atoms with van der Waals surface area (Å²) >= 11 is 1.39. The number of thiophene rings is 1. The topological polar surface area (TPSA) is 152 Å². The minimum absolute atomic E-state index is 0.00233. The molecule has 11 nitrogen and oxygen atoms in total. The molecule has 1 aliphatic carbocycles. The van der Waals surface area contributed by atoms with Gasteiger partial charge in [0, 0.05) is 22.0 Å². The zero-order chi connectivity index (χ0) is 32.2. The molecule has 1 aliphatic rings. The summed E-state index contributed by atoms with van der Waals surface area (Å²) in [5.74, 6) is -1.11. The quantitative estimate of drug-likeness (QED) is 0.195. The second kappa shape index (κ2) is 13.3. The van der Waals surface area contributed by atoms with E-state index in [9.17, 15) is 27.6 Å². The van der Waals surface area contributed by atoms with Gasteiger partial charge >= 0.3 is 5.97 Å². The molecule has 0 unspecified atom stereocenters. The highest BCUT2D eigenvalue weighted by Crippen LogP contribution is 2.47. The van der Waals surface area contributed by atoms with E-state index >= 15 is 0 Å². The van der Waals surface area contributed by atoms with Crippen molar-refractivity contribution in [2.24, 2.45) is 5.41 Å². The van der Waals surface area contributed by atoms with E-state index in [4.69, 9.17) is 9.47 Å². The van der Waals surface area contributed by atoms with Gasteiger partial charge in [-0.25, -0.2) is 8.42 Å². The Kier molecular flexibility index (Phi) is 9.51. The van der Waals surface area contributed by atoms with E-state index in [1.807, 2.05) is 17.5 Å².